The summed E-state index contributed by atoms with van der Waals surface area (Å²) in [6.07, 6.45) is 0. The summed E-state index contributed by atoms with van der Waals surface area (Å²) in [5.41, 5.74) is 5.17. The number of hydrogen-bond acceptors (Lipinski definition) is 4. The molecule has 66 valence electrons. The van der Waals surface area contributed by atoms with Crippen LogP contribution < -0.4 is 11.3 Å². The maximum Gasteiger partial charge on any atom is 0.253 e. The minimum Gasteiger partial charge on any atom is -0.383 e. The first-order valence-electron chi connectivity index (χ1n) is 3.28. The van der Waals surface area contributed by atoms with E-state index < -0.39 is 0 Å². The van der Waals surface area contributed by atoms with Crippen LogP contribution in [-0.4, -0.2) is 21.1 Å². The van der Waals surface area contributed by atoms with Crippen molar-refractivity contribution >= 4 is 33.5 Å². The Hall–Kier alpha value is -0.490. The SMILES string of the molecule is Nc1cc(=O)[nH]c(SCCBr)n1. The fourth-order valence-corrected chi connectivity index (χ4v) is 1.76. The van der Waals surface area contributed by atoms with Crippen molar-refractivity contribution in [3.8, 4) is 0 Å². The fraction of sp³-hybridized carbons (Fsp3) is 0.333. The first kappa shape index (κ1) is 9.60. The lowest BCUT2D eigenvalue weighted by Gasteiger charge is -1.97. The number of anilines is 1. The van der Waals surface area contributed by atoms with Crippen LogP contribution in [0.4, 0.5) is 5.82 Å². The summed E-state index contributed by atoms with van der Waals surface area (Å²) >= 11 is 4.73. The van der Waals surface area contributed by atoms with Crippen LogP contribution >= 0.6 is 27.7 Å². The zero-order valence-corrected chi connectivity index (χ0v) is 8.61. The number of aromatic nitrogens is 2. The van der Waals surface area contributed by atoms with E-state index in [-0.39, 0.29) is 11.4 Å². The van der Waals surface area contributed by atoms with Gasteiger partial charge in [-0.1, -0.05) is 27.7 Å². The smallest absolute Gasteiger partial charge is 0.253 e. The molecule has 0 atom stereocenters. The molecule has 0 aliphatic carbocycles. The molecule has 0 amide bonds. The third kappa shape index (κ3) is 2.86. The largest absolute Gasteiger partial charge is 0.383 e. The quantitative estimate of drug-likeness (QED) is 0.473. The lowest BCUT2D eigenvalue weighted by Crippen LogP contribution is -2.09. The van der Waals surface area contributed by atoms with E-state index >= 15 is 0 Å². The highest BCUT2D eigenvalue weighted by Crippen LogP contribution is 2.11. The number of nitrogens with one attached hydrogen (secondary N) is 1. The zero-order valence-electron chi connectivity index (χ0n) is 6.21. The Kier molecular flexibility index (Phi) is 3.61. The molecule has 6 heteroatoms. The standard InChI is InChI=1S/C6H8BrN3OS/c7-1-2-12-6-9-4(8)3-5(11)10-6/h3H,1-2H2,(H3,8,9,10,11). The molecule has 1 aromatic rings. The summed E-state index contributed by atoms with van der Waals surface area (Å²) in [7, 11) is 0. The van der Waals surface area contributed by atoms with Gasteiger partial charge in [0.25, 0.3) is 5.56 Å². The third-order valence-electron chi connectivity index (χ3n) is 1.06. The van der Waals surface area contributed by atoms with Crippen LogP contribution in [0.3, 0.4) is 0 Å². The van der Waals surface area contributed by atoms with Crippen LogP contribution in [0.2, 0.25) is 0 Å². The average Bonchev–Trinajstić information content (AvgIpc) is 1.99. The number of aromatic amines is 1. The molecule has 0 bridgehead atoms. The van der Waals surface area contributed by atoms with Gasteiger partial charge >= 0.3 is 0 Å². The molecule has 0 unspecified atom stereocenters. The molecule has 4 nitrogen and oxygen atoms in total. The monoisotopic (exact) mass is 249 g/mol. The highest BCUT2D eigenvalue weighted by Gasteiger charge is 1.97. The number of halogens is 1. The van der Waals surface area contributed by atoms with E-state index in [9.17, 15) is 4.79 Å². The number of nitrogen functional groups attached to an aromatic ring is 1. The van der Waals surface area contributed by atoms with Crippen molar-refractivity contribution in [1.29, 1.82) is 0 Å². The highest BCUT2D eigenvalue weighted by atomic mass is 79.9. The predicted octanol–water partition coefficient (Wildman–Crippen LogP) is 0.839. The van der Waals surface area contributed by atoms with Gasteiger partial charge in [0.05, 0.1) is 0 Å². The number of nitrogens with zero attached hydrogens (tertiary/aromatic N) is 1. The molecular formula is C6H8BrN3OS. The average molecular weight is 250 g/mol. The number of thioether (sulfide) groups is 1. The molecule has 0 saturated carbocycles. The Morgan fingerprint density at radius 1 is 1.75 bits per heavy atom. The van der Waals surface area contributed by atoms with Crippen molar-refractivity contribution in [2.45, 2.75) is 5.16 Å². The molecule has 0 fully saturated rings. The minimum atomic E-state index is -0.209. The van der Waals surface area contributed by atoms with Crippen molar-refractivity contribution in [1.82, 2.24) is 9.97 Å². The molecule has 0 radical (unpaired) electrons. The van der Waals surface area contributed by atoms with Crippen LogP contribution in [0.15, 0.2) is 16.0 Å². The maximum atomic E-state index is 10.9. The van der Waals surface area contributed by atoms with E-state index in [2.05, 4.69) is 25.9 Å². The molecule has 1 rings (SSSR count). The van der Waals surface area contributed by atoms with Crippen molar-refractivity contribution in [2.24, 2.45) is 0 Å². The van der Waals surface area contributed by atoms with Gasteiger partial charge in [-0.2, -0.15) is 0 Å². The summed E-state index contributed by atoms with van der Waals surface area (Å²) in [4.78, 5) is 17.4. The van der Waals surface area contributed by atoms with Gasteiger partial charge in [-0.05, 0) is 0 Å². The molecule has 1 heterocycles. The number of nitrogens with two attached hydrogens (primary N) is 1. The Balaban J connectivity index is 2.79. The van der Waals surface area contributed by atoms with Crippen molar-refractivity contribution in [3.63, 3.8) is 0 Å². The van der Waals surface area contributed by atoms with Crippen LogP contribution in [0.1, 0.15) is 0 Å². The van der Waals surface area contributed by atoms with E-state index in [0.29, 0.717) is 5.16 Å². The van der Waals surface area contributed by atoms with E-state index in [4.69, 9.17) is 5.73 Å². The van der Waals surface area contributed by atoms with Gasteiger partial charge in [0, 0.05) is 17.1 Å². The predicted molar refractivity (Wildman–Crippen MR) is 53.8 cm³/mol. The number of rotatable bonds is 3. The minimum absolute atomic E-state index is 0.209. The Morgan fingerprint density at radius 2 is 2.50 bits per heavy atom. The Labute approximate surface area is 82.1 Å². The summed E-state index contributed by atoms with van der Waals surface area (Å²) in [6.45, 7) is 0. The molecule has 0 aromatic carbocycles. The lowest BCUT2D eigenvalue weighted by atomic mass is 10.6. The van der Waals surface area contributed by atoms with Crippen LogP contribution in [0, 0.1) is 0 Å². The molecule has 3 N–H and O–H groups in total. The summed E-state index contributed by atoms with van der Waals surface area (Å²) in [5.74, 6) is 1.11. The summed E-state index contributed by atoms with van der Waals surface area (Å²) in [6, 6.07) is 1.26. The normalized spacial score (nSPS) is 10.1. The number of alkyl halides is 1. The van der Waals surface area contributed by atoms with E-state index in [1.54, 1.807) is 0 Å². The zero-order chi connectivity index (χ0) is 8.97. The Bertz CT molecular complexity index is 314. The number of H-pyrrole nitrogens is 1. The van der Waals surface area contributed by atoms with Crippen LogP contribution in [0.25, 0.3) is 0 Å². The fourth-order valence-electron chi connectivity index (χ4n) is 0.657. The third-order valence-corrected chi connectivity index (χ3v) is 2.85. The second kappa shape index (κ2) is 4.51. The molecule has 0 saturated heterocycles. The molecule has 12 heavy (non-hydrogen) atoms. The van der Waals surface area contributed by atoms with Gasteiger partial charge in [0.1, 0.15) is 5.82 Å². The second-order valence-electron chi connectivity index (χ2n) is 2.01. The van der Waals surface area contributed by atoms with Gasteiger partial charge in [-0.25, -0.2) is 4.98 Å². The summed E-state index contributed by atoms with van der Waals surface area (Å²) < 4.78 is 0. The maximum absolute atomic E-state index is 10.9. The lowest BCUT2D eigenvalue weighted by molar-refractivity contribution is 0.946. The van der Waals surface area contributed by atoms with Gasteiger partial charge in [-0.3, -0.25) is 4.79 Å². The van der Waals surface area contributed by atoms with Gasteiger partial charge in [0.2, 0.25) is 0 Å². The molecule has 0 spiro atoms. The van der Waals surface area contributed by atoms with E-state index in [1.807, 2.05) is 0 Å². The molecule has 0 aliphatic rings. The van der Waals surface area contributed by atoms with Gasteiger partial charge in [0.15, 0.2) is 5.16 Å². The van der Waals surface area contributed by atoms with Gasteiger partial charge in [-0.15, -0.1) is 0 Å². The Morgan fingerprint density at radius 3 is 3.08 bits per heavy atom. The summed E-state index contributed by atoms with van der Waals surface area (Å²) in [5, 5.41) is 1.43. The molecular weight excluding hydrogens is 242 g/mol. The van der Waals surface area contributed by atoms with Crippen LogP contribution in [0.5, 0.6) is 0 Å². The number of hydrogen-bond donors (Lipinski definition) is 2. The first-order chi connectivity index (χ1) is 5.72. The van der Waals surface area contributed by atoms with Crippen molar-refractivity contribution in [3.05, 3.63) is 16.4 Å². The highest BCUT2D eigenvalue weighted by molar-refractivity contribution is 9.09. The first-order valence-corrected chi connectivity index (χ1v) is 5.38. The molecule has 0 aliphatic heterocycles. The second-order valence-corrected chi connectivity index (χ2v) is 3.89. The van der Waals surface area contributed by atoms with Gasteiger partial charge < -0.3 is 10.7 Å². The van der Waals surface area contributed by atoms with Crippen LogP contribution in [-0.2, 0) is 0 Å². The topological polar surface area (TPSA) is 71.8 Å². The van der Waals surface area contributed by atoms with E-state index in [1.165, 1.54) is 17.8 Å². The van der Waals surface area contributed by atoms with E-state index in [0.717, 1.165) is 11.1 Å². The van der Waals surface area contributed by atoms with Crippen molar-refractivity contribution < 1.29 is 0 Å². The molecule has 1 aromatic heterocycles. The van der Waals surface area contributed by atoms with Crippen molar-refractivity contribution in [2.75, 3.05) is 16.8 Å².